The zero-order valence-corrected chi connectivity index (χ0v) is 37.8. The van der Waals surface area contributed by atoms with E-state index in [1.807, 2.05) is 92.1 Å². The van der Waals surface area contributed by atoms with E-state index in [0.717, 1.165) is 59.4 Å². The first-order chi connectivity index (χ1) is 29.6. The summed E-state index contributed by atoms with van der Waals surface area (Å²) in [5, 5.41) is 0. The molecule has 7 rings (SSSR count). The molecule has 61 heavy (non-hydrogen) atoms. The van der Waals surface area contributed by atoms with Gasteiger partial charge in [-0.15, -0.1) is 0 Å². The molecule has 4 atom stereocenters. The third-order valence-electron chi connectivity index (χ3n) is 11.4. The van der Waals surface area contributed by atoms with Gasteiger partial charge in [0.1, 0.15) is 11.5 Å². The second-order valence-electron chi connectivity index (χ2n) is 16.7. The molecule has 0 saturated carbocycles. The Morgan fingerprint density at radius 2 is 1.05 bits per heavy atom. The van der Waals surface area contributed by atoms with Gasteiger partial charge in [0, 0.05) is 0 Å². The molecule has 3 aliphatic rings. The molecular formula is C49H65N2O9P. The van der Waals surface area contributed by atoms with Gasteiger partial charge in [0.15, 0.2) is 0 Å². The van der Waals surface area contributed by atoms with Crippen molar-refractivity contribution in [2.75, 3.05) is 26.2 Å². The van der Waals surface area contributed by atoms with Crippen LogP contribution in [0.2, 0.25) is 0 Å². The average molecular weight is 857 g/mol. The van der Waals surface area contributed by atoms with E-state index in [0.29, 0.717) is 51.5 Å². The van der Waals surface area contributed by atoms with Crippen molar-refractivity contribution in [3.63, 3.8) is 0 Å². The van der Waals surface area contributed by atoms with E-state index in [9.17, 15) is 0 Å². The Morgan fingerprint density at radius 3 is 1.49 bits per heavy atom. The minimum absolute atomic E-state index is 0.0715. The number of hydrogen-bond acceptors (Lipinski definition) is 9. The number of fused-ring (bicyclic) bond motifs is 1. The standard InChI is InChI=1S/C49H65N2O9P/c1-7-10-29-53-41-25-19-39(20-26-41)33-50-44(31-37-15-13-12-14-16-37)46-47(58-49(5,6)57-46)45(51(48(50)52)34-40-21-27-42(28-22-40)54-30-11-8-2)32-38-17-23-43(24-18-38)55-35-61(56-9-3)59-36(4)60-61/h12-28,36,44-47,61H,7-11,29-35H2,1-6H3/t44-,45-,46+,47+/m1/s1. The molecule has 3 fully saturated rings. The van der Waals surface area contributed by atoms with Crippen molar-refractivity contribution < 1.29 is 42.1 Å². The van der Waals surface area contributed by atoms with Gasteiger partial charge in [0.25, 0.3) is 0 Å². The Kier molecular flexibility index (Phi) is 15.3. The third kappa shape index (κ3) is 11.6. The number of hydrogen-bond donors (Lipinski definition) is 0. The first-order valence-electron chi connectivity index (χ1n) is 22.2. The minimum atomic E-state index is -2.83. The van der Waals surface area contributed by atoms with E-state index in [1.165, 1.54) is 0 Å². The van der Waals surface area contributed by atoms with E-state index in [4.69, 9.17) is 37.3 Å². The van der Waals surface area contributed by atoms with Crippen LogP contribution >= 0.6 is 7.94 Å². The predicted octanol–water partition coefficient (Wildman–Crippen LogP) is 10.5. The van der Waals surface area contributed by atoms with Crippen LogP contribution in [0, 0.1) is 0 Å². The monoisotopic (exact) mass is 856 g/mol. The third-order valence-corrected chi connectivity index (χ3v) is 14.0. The summed E-state index contributed by atoms with van der Waals surface area (Å²) in [4.78, 5) is 19.6. The van der Waals surface area contributed by atoms with Crippen LogP contribution in [-0.2, 0) is 49.0 Å². The number of urea groups is 1. The van der Waals surface area contributed by atoms with Gasteiger partial charge in [0.2, 0.25) is 0 Å². The van der Waals surface area contributed by atoms with E-state index < -0.39 is 25.9 Å². The van der Waals surface area contributed by atoms with Crippen LogP contribution < -0.4 is 14.2 Å². The number of unbranched alkanes of at least 4 members (excludes halogenated alkanes) is 2. The summed E-state index contributed by atoms with van der Waals surface area (Å²) in [6.45, 7) is 14.6. The molecule has 0 aromatic heterocycles. The Bertz CT molecular complexity index is 1950. The van der Waals surface area contributed by atoms with E-state index in [2.05, 4.69) is 62.4 Å². The Hall–Kier alpha value is -4.22. The normalized spacial score (nSPS) is 23.4. The van der Waals surface area contributed by atoms with Crippen LogP contribution in [0.25, 0.3) is 0 Å². The second-order valence-corrected chi connectivity index (χ2v) is 19.1. The number of rotatable bonds is 21. The number of carbonyl (C=O) groups excluding carboxylic acids is 1. The summed E-state index contributed by atoms with van der Waals surface area (Å²) >= 11 is 0. The van der Waals surface area contributed by atoms with Crippen molar-refractivity contribution in [2.45, 2.75) is 130 Å². The van der Waals surface area contributed by atoms with Gasteiger partial charge < -0.3 is 9.47 Å². The summed E-state index contributed by atoms with van der Waals surface area (Å²) in [7, 11) is -2.83. The summed E-state index contributed by atoms with van der Waals surface area (Å²) in [5.41, 5.74) is 4.16. The molecule has 0 aliphatic carbocycles. The number of nitrogens with zero attached hydrogens (tertiary/aromatic N) is 2. The molecule has 11 nitrogen and oxygen atoms in total. The van der Waals surface area contributed by atoms with E-state index >= 15 is 4.79 Å². The second kappa shape index (κ2) is 20.8. The Morgan fingerprint density at radius 1 is 0.607 bits per heavy atom. The van der Waals surface area contributed by atoms with Crippen LogP contribution in [0.5, 0.6) is 17.2 Å². The Balaban J connectivity index is 1.23. The molecule has 0 N–H and O–H groups in total. The van der Waals surface area contributed by atoms with Gasteiger partial charge in [-0.3, -0.25) is 0 Å². The summed E-state index contributed by atoms with van der Waals surface area (Å²) in [5.74, 6) is 1.45. The van der Waals surface area contributed by atoms with Crippen LogP contribution in [0.4, 0.5) is 4.79 Å². The van der Waals surface area contributed by atoms with Gasteiger partial charge in [-0.25, -0.2) is 0 Å². The quantitative estimate of drug-likeness (QED) is 0.0599. The molecular weight excluding hydrogens is 792 g/mol. The van der Waals surface area contributed by atoms with Crippen molar-refractivity contribution in [2.24, 2.45) is 0 Å². The average Bonchev–Trinajstić information content (AvgIpc) is 3.55. The number of benzene rings is 4. The predicted molar refractivity (Wildman–Crippen MR) is 239 cm³/mol. The van der Waals surface area contributed by atoms with Crippen LogP contribution in [0.15, 0.2) is 103 Å². The van der Waals surface area contributed by atoms with Crippen LogP contribution in [-0.4, -0.2) is 78.4 Å². The summed E-state index contributed by atoms with van der Waals surface area (Å²) in [6.07, 6.45) is 4.33. The molecule has 0 unspecified atom stereocenters. The molecule has 0 bridgehead atoms. The van der Waals surface area contributed by atoms with Gasteiger partial charge in [-0.2, -0.15) is 0 Å². The number of carbonyl (C=O) groups is 1. The smallest absolute Gasteiger partial charge is 0.0622 e. The number of amides is 2. The fraction of sp³-hybridized carbons (Fsp3) is 0.490. The van der Waals surface area contributed by atoms with E-state index in [1.54, 1.807) is 0 Å². The van der Waals surface area contributed by atoms with Crippen molar-refractivity contribution in [1.29, 1.82) is 0 Å². The molecule has 3 aliphatic heterocycles. The molecule has 0 spiro atoms. The van der Waals surface area contributed by atoms with Crippen molar-refractivity contribution in [3.8, 4) is 17.2 Å². The van der Waals surface area contributed by atoms with Crippen molar-refractivity contribution >= 4 is 14.0 Å². The molecule has 4 aromatic rings. The molecule has 12 heteroatoms. The molecule has 4 aromatic carbocycles. The topological polar surface area (TPSA) is 97.4 Å². The zero-order chi connectivity index (χ0) is 42.8. The van der Waals surface area contributed by atoms with E-state index in [-0.39, 0.29) is 30.8 Å². The Labute approximate surface area is 363 Å². The maximum atomic E-state index is 15.6. The first-order valence-corrected chi connectivity index (χ1v) is 24.1. The number of ether oxygens (including phenoxy) is 5. The molecule has 330 valence electrons. The van der Waals surface area contributed by atoms with Gasteiger partial charge >= 0.3 is 213 Å². The first kappa shape index (κ1) is 44.8. The fourth-order valence-corrected chi connectivity index (χ4v) is 10.6. The van der Waals surface area contributed by atoms with Gasteiger partial charge in [0.05, 0.1) is 13.2 Å². The van der Waals surface area contributed by atoms with Crippen LogP contribution in [0.1, 0.15) is 89.5 Å². The molecule has 0 radical (unpaired) electrons. The minimum Gasteiger partial charge on any atom is -0.0622 e. The summed E-state index contributed by atoms with van der Waals surface area (Å²) in [6, 6.07) is 33.9. The van der Waals surface area contributed by atoms with Crippen molar-refractivity contribution in [3.05, 3.63) is 125 Å². The maximum absolute atomic E-state index is 15.6. The molecule has 3 heterocycles. The zero-order valence-electron chi connectivity index (χ0n) is 36.8. The van der Waals surface area contributed by atoms with Crippen LogP contribution in [0.3, 0.4) is 0 Å². The fourth-order valence-electron chi connectivity index (χ4n) is 8.39. The molecule has 2 amide bonds. The van der Waals surface area contributed by atoms with Crippen molar-refractivity contribution in [1.82, 2.24) is 9.80 Å². The van der Waals surface area contributed by atoms with Gasteiger partial charge in [-0.1, -0.05) is 69.2 Å². The summed E-state index contributed by atoms with van der Waals surface area (Å²) < 4.78 is 49.7. The van der Waals surface area contributed by atoms with Gasteiger partial charge in [-0.05, 0) is 48.2 Å². The molecule has 3 saturated heterocycles. The SMILES string of the molecule is CCCCOc1ccc(CN2C(=O)N(Cc3ccc(OCCCC)cc3)[C@H](Cc3ccc(OC[PH]4(OCC)OC(C)O4)cc3)[C@@H]3OC(C)(C)O[C@H]3[C@H]2Cc2ccccc2)cc1.